The van der Waals surface area contributed by atoms with Gasteiger partial charge in [0.25, 0.3) is 5.91 Å². The monoisotopic (exact) mass is 234 g/mol. The van der Waals surface area contributed by atoms with Crippen molar-refractivity contribution in [3.63, 3.8) is 0 Å². The Bertz CT molecular complexity index is 436. The normalized spacial score (nSPS) is 10.0. The van der Waals surface area contributed by atoms with Crippen molar-refractivity contribution in [1.29, 1.82) is 0 Å². The van der Waals surface area contributed by atoms with Crippen LogP contribution in [-0.4, -0.2) is 30.1 Å². The van der Waals surface area contributed by atoms with Gasteiger partial charge < -0.3 is 10.3 Å². The molecule has 15 heavy (non-hydrogen) atoms. The Morgan fingerprint density at radius 1 is 1.60 bits per heavy atom. The van der Waals surface area contributed by atoms with E-state index in [2.05, 4.69) is 9.97 Å². The zero-order valence-electron chi connectivity index (χ0n) is 7.80. The van der Waals surface area contributed by atoms with Crippen molar-refractivity contribution in [3.8, 4) is 0 Å². The topological polar surface area (TPSA) is 153 Å². The fraction of sp³-hybridized carbons (Fsp3) is 0.167. The Balaban J connectivity index is 0.000000336. The number of nitrogens with two attached hydrogens (primary N) is 2. The molecule has 0 unspecified atom stereocenters. The third kappa shape index (κ3) is 7.34. The SMILES string of the molecule is CS(=O)(=O)[O-].NC(=O)c1ncc[nH+]c1N. The molecule has 5 N–H and O–H groups in total. The van der Waals surface area contributed by atoms with Gasteiger partial charge in [0.1, 0.15) is 6.20 Å². The fourth-order valence-electron chi connectivity index (χ4n) is 0.573. The van der Waals surface area contributed by atoms with E-state index in [-0.39, 0.29) is 11.5 Å². The van der Waals surface area contributed by atoms with E-state index in [1.807, 2.05) is 0 Å². The second-order valence-electron chi connectivity index (χ2n) is 2.42. The summed E-state index contributed by atoms with van der Waals surface area (Å²) in [6, 6.07) is 0. The molecule has 8 nitrogen and oxygen atoms in total. The van der Waals surface area contributed by atoms with Gasteiger partial charge in [-0.15, -0.1) is 0 Å². The predicted octanol–water partition coefficient (Wildman–Crippen LogP) is -2.26. The van der Waals surface area contributed by atoms with Gasteiger partial charge >= 0.3 is 5.82 Å². The number of hydrogen-bond donors (Lipinski definition) is 2. The van der Waals surface area contributed by atoms with Crippen LogP contribution in [0.5, 0.6) is 0 Å². The number of H-pyrrole nitrogens is 1. The fourth-order valence-corrected chi connectivity index (χ4v) is 0.573. The maximum atomic E-state index is 10.5. The summed E-state index contributed by atoms with van der Waals surface area (Å²) in [7, 11) is -3.92. The summed E-state index contributed by atoms with van der Waals surface area (Å²) in [6.45, 7) is 0. The van der Waals surface area contributed by atoms with Gasteiger partial charge in [-0.05, 0) is 0 Å². The average Bonchev–Trinajstić information content (AvgIpc) is 2.01. The van der Waals surface area contributed by atoms with Crippen LogP contribution in [0.15, 0.2) is 12.4 Å². The largest absolute Gasteiger partial charge is 0.748 e. The second-order valence-corrected chi connectivity index (χ2v) is 3.83. The number of nitrogens with zero attached hydrogens (tertiary/aromatic N) is 1. The number of carbonyl (C=O) groups is 1. The van der Waals surface area contributed by atoms with E-state index in [0.29, 0.717) is 6.26 Å². The van der Waals surface area contributed by atoms with Crippen LogP contribution in [0.25, 0.3) is 0 Å². The second kappa shape index (κ2) is 5.22. The lowest BCUT2D eigenvalue weighted by atomic mass is 10.4. The van der Waals surface area contributed by atoms with E-state index >= 15 is 0 Å². The number of rotatable bonds is 1. The highest BCUT2D eigenvalue weighted by Gasteiger charge is 2.10. The van der Waals surface area contributed by atoms with Crippen LogP contribution < -0.4 is 16.5 Å². The van der Waals surface area contributed by atoms with Gasteiger partial charge in [-0.2, -0.15) is 0 Å². The highest BCUT2D eigenvalue weighted by Crippen LogP contribution is 1.95. The van der Waals surface area contributed by atoms with Crippen molar-refractivity contribution < 1.29 is 22.7 Å². The Kier molecular flexibility index (Phi) is 4.61. The molecule has 0 fully saturated rings. The zero-order valence-corrected chi connectivity index (χ0v) is 8.61. The molecule has 0 aliphatic rings. The first-order chi connectivity index (χ1) is 6.72. The Labute approximate surface area is 86.1 Å². The van der Waals surface area contributed by atoms with Gasteiger partial charge in [-0.1, -0.05) is 0 Å². The summed E-state index contributed by atoms with van der Waals surface area (Å²) < 4.78 is 27.2. The molecule has 0 aliphatic carbocycles. The molecule has 0 saturated carbocycles. The molecule has 0 atom stereocenters. The van der Waals surface area contributed by atoms with Crippen molar-refractivity contribution in [1.82, 2.24) is 4.98 Å². The number of aromatic amines is 1. The maximum absolute atomic E-state index is 10.5. The highest BCUT2D eigenvalue weighted by molar-refractivity contribution is 7.84. The van der Waals surface area contributed by atoms with E-state index < -0.39 is 16.0 Å². The molecular weight excluding hydrogens is 224 g/mol. The predicted molar refractivity (Wildman–Crippen MR) is 49.3 cm³/mol. The summed E-state index contributed by atoms with van der Waals surface area (Å²) in [6.07, 6.45) is 3.53. The van der Waals surface area contributed by atoms with Crippen LogP contribution in [0.1, 0.15) is 10.5 Å². The molecule has 1 aromatic heterocycles. The molecule has 0 saturated heterocycles. The number of nitrogens with one attached hydrogen (secondary N) is 1. The van der Waals surface area contributed by atoms with Gasteiger partial charge in [0, 0.05) is 6.26 Å². The molecule has 1 aromatic rings. The third-order valence-corrected chi connectivity index (χ3v) is 1.01. The van der Waals surface area contributed by atoms with Gasteiger partial charge in [-0.3, -0.25) is 10.5 Å². The van der Waals surface area contributed by atoms with E-state index in [4.69, 9.17) is 24.4 Å². The number of amides is 1. The van der Waals surface area contributed by atoms with E-state index in [1.54, 1.807) is 0 Å². The average molecular weight is 234 g/mol. The van der Waals surface area contributed by atoms with Crippen LogP contribution in [0, 0.1) is 0 Å². The summed E-state index contributed by atoms with van der Waals surface area (Å²) >= 11 is 0. The van der Waals surface area contributed by atoms with Crippen LogP contribution in [-0.2, 0) is 10.1 Å². The first-order valence-corrected chi connectivity index (χ1v) is 5.36. The molecule has 84 valence electrons. The summed E-state index contributed by atoms with van der Waals surface area (Å²) in [4.78, 5) is 16.7. The van der Waals surface area contributed by atoms with Gasteiger partial charge in [0.15, 0.2) is 0 Å². The molecule has 9 heteroatoms. The van der Waals surface area contributed by atoms with Crippen LogP contribution >= 0.6 is 0 Å². The van der Waals surface area contributed by atoms with E-state index in [9.17, 15) is 4.79 Å². The third-order valence-electron chi connectivity index (χ3n) is 1.01. The molecule has 0 aliphatic heterocycles. The van der Waals surface area contributed by atoms with E-state index in [0.717, 1.165) is 0 Å². The molecular formula is C6H10N4O4S. The zero-order chi connectivity index (χ0) is 12.1. The molecule has 0 aromatic carbocycles. The summed E-state index contributed by atoms with van der Waals surface area (Å²) in [5.41, 5.74) is 10.3. The standard InChI is InChI=1S/C5H6N4O.CH4O3S/c6-4-3(5(7)10)8-1-2-9-4;1-5(2,3)4/h1-2H,(H2,6,9)(H2,7,10);1H3,(H,2,3,4). The Morgan fingerprint density at radius 2 is 2.07 bits per heavy atom. The van der Waals surface area contributed by atoms with Crippen molar-refractivity contribution >= 4 is 21.8 Å². The highest BCUT2D eigenvalue weighted by atomic mass is 32.2. The molecule has 0 spiro atoms. The van der Waals surface area contributed by atoms with E-state index in [1.165, 1.54) is 12.4 Å². The molecule has 0 bridgehead atoms. The summed E-state index contributed by atoms with van der Waals surface area (Å²) in [5, 5.41) is 0. The summed E-state index contributed by atoms with van der Waals surface area (Å²) in [5.74, 6) is -0.440. The number of nitrogen functional groups attached to an aromatic ring is 1. The van der Waals surface area contributed by atoms with Gasteiger partial charge in [0.2, 0.25) is 5.69 Å². The van der Waals surface area contributed by atoms with Crippen LogP contribution in [0.2, 0.25) is 0 Å². The lowest BCUT2D eigenvalue weighted by Gasteiger charge is -1.90. The Hall–Kier alpha value is -1.74. The first-order valence-electron chi connectivity index (χ1n) is 3.54. The number of carbonyl (C=O) groups excluding carboxylic acids is 1. The van der Waals surface area contributed by atoms with Crippen molar-refractivity contribution in [2.24, 2.45) is 5.73 Å². The number of aromatic nitrogens is 2. The van der Waals surface area contributed by atoms with Crippen molar-refractivity contribution in [2.75, 3.05) is 12.0 Å². The molecule has 0 radical (unpaired) electrons. The smallest absolute Gasteiger partial charge is 0.302 e. The Morgan fingerprint density at radius 3 is 2.33 bits per heavy atom. The number of hydrogen-bond acceptors (Lipinski definition) is 6. The van der Waals surface area contributed by atoms with Gasteiger partial charge in [0.05, 0.1) is 16.3 Å². The van der Waals surface area contributed by atoms with Crippen molar-refractivity contribution in [2.45, 2.75) is 0 Å². The molecule has 1 amide bonds. The lowest BCUT2D eigenvalue weighted by molar-refractivity contribution is -0.361. The molecule has 1 rings (SSSR count). The van der Waals surface area contributed by atoms with Crippen molar-refractivity contribution in [3.05, 3.63) is 18.1 Å². The minimum atomic E-state index is -3.92. The van der Waals surface area contributed by atoms with Crippen LogP contribution in [0.3, 0.4) is 0 Å². The minimum Gasteiger partial charge on any atom is -0.748 e. The lowest BCUT2D eigenvalue weighted by Crippen LogP contribution is -2.21. The number of anilines is 1. The van der Waals surface area contributed by atoms with Crippen LogP contribution in [0.4, 0.5) is 5.82 Å². The quantitative estimate of drug-likeness (QED) is 0.522. The maximum Gasteiger partial charge on any atom is 0.302 e. The molecule has 1 heterocycles. The number of primary amides is 1. The minimum absolute atomic E-state index is 0.0718. The van der Waals surface area contributed by atoms with Gasteiger partial charge in [-0.25, -0.2) is 18.4 Å². The first kappa shape index (κ1) is 13.3.